The lowest BCUT2D eigenvalue weighted by Crippen LogP contribution is -2.55. The van der Waals surface area contributed by atoms with Crippen molar-refractivity contribution in [2.75, 3.05) is 32.8 Å². The molecule has 2 saturated heterocycles. The van der Waals surface area contributed by atoms with E-state index in [0.717, 1.165) is 25.9 Å². The second-order valence-electron chi connectivity index (χ2n) is 7.84. The average Bonchev–Trinajstić information content (AvgIpc) is 2.76. The molecular formula is C23H26F2N2O3. The molecule has 30 heavy (non-hydrogen) atoms. The van der Waals surface area contributed by atoms with Gasteiger partial charge in [-0.2, -0.15) is 0 Å². The molecule has 0 bridgehead atoms. The van der Waals surface area contributed by atoms with Crippen LogP contribution in [0.3, 0.4) is 0 Å². The van der Waals surface area contributed by atoms with Crippen molar-refractivity contribution in [3.8, 4) is 5.75 Å². The average molecular weight is 416 g/mol. The number of halogens is 2. The number of ether oxygens (including phenoxy) is 2. The summed E-state index contributed by atoms with van der Waals surface area (Å²) < 4.78 is 38.2. The summed E-state index contributed by atoms with van der Waals surface area (Å²) >= 11 is 0. The van der Waals surface area contributed by atoms with Gasteiger partial charge in [-0.05, 0) is 43.2 Å². The third-order valence-corrected chi connectivity index (χ3v) is 5.76. The zero-order valence-corrected chi connectivity index (χ0v) is 16.8. The van der Waals surface area contributed by atoms with Crippen LogP contribution in [0.25, 0.3) is 0 Å². The molecule has 0 aromatic heterocycles. The van der Waals surface area contributed by atoms with Crippen molar-refractivity contribution < 1.29 is 23.0 Å². The third kappa shape index (κ3) is 5.15. The molecule has 1 unspecified atom stereocenters. The second kappa shape index (κ2) is 9.53. The fraction of sp³-hybridized carbons (Fsp3) is 0.435. The van der Waals surface area contributed by atoms with Crippen LogP contribution >= 0.6 is 0 Å². The van der Waals surface area contributed by atoms with E-state index in [9.17, 15) is 13.6 Å². The number of amides is 1. The Morgan fingerprint density at radius 3 is 2.50 bits per heavy atom. The van der Waals surface area contributed by atoms with Crippen molar-refractivity contribution in [1.29, 1.82) is 0 Å². The van der Waals surface area contributed by atoms with Gasteiger partial charge in [0.2, 0.25) is 5.91 Å². The topological polar surface area (TPSA) is 42.0 Å². The molecule has 2 aromatic rings. The molecule has 160 valence electrons. The van der Waals surface area contributed by atoms with E-state index in [1.54, 1.807) is 18.2 Å². The van der Waals surface area contributed by atoms with Gasteiger partial charge >= 0.3 is 0 Å². The molecule has 5 nitrogen and oxygen atoms in total. The summed E-state index contributed by atoms with van der Waals surface area (Å²) in [5.41, 5.74) is 0.705. The number of likely N-dealkylation sites (tertiary alicyclic amines) is 1. The van der Waals surface area contributed by atoms with Crippen molar-refractivity contribution in [1.82, 2.24) is 9.80 Å². The quantitative estimate of drug-likeness (QED) is 0.725. The van der Waals surface area contributed by atoms with E-state index in [1.165, 1.54) is 18.2 Å². The Bertz CT molecular complexity index is 854. The Balaban J connectivity index is 1.27. The molecule has 0 aliphatic carbocycles. The summed E-state index contributed by atoms with van der Waals surface area (Å²) in [4.78, 5) is 16.6. The van der Waals surface area contributed by atoms with E-state index < -0.39 is 0 Å². The summed E-state index contributed by atoms with van der Waals surface area (Å²) in [5, 5.41) is 0. The van der Waals surface area contributed by atoms with E-state index in [2.05, 4.69) is 4.90 Å². The fourth-order valence-electron chi connectivity index (χ4n) is 4.08. The Labute approximate surface area is 175 Å². The molecule has 0 saturated carbocycles. The molecule has 0 spiro atoms. The normalized spacial score (nSPS) is 21.1. The first kappa shape index (κ1) is 20.8. The second-order valence-corrected chi connectivity index (χ2v) is 7.84. The predicted octanol–water partition coefficient (Wildman–Crippen LogP) is 3.24. The van der Waals surface area contributed by atoms with Crippen LogP contribution in [0.1, 0.15) is 18.4 Å². The van der Waals surface area contributed by atoms with Crippen molar-refractivity contribution in [3.63, 3.8) is 0 Å². The number of hydrogen-bond donors (Lipinski definition) is 0. The summed E-state index contributed by atoms with van der Waals surface area (Å²) in [5.74, 6) is 0.0897. The molecule has 2 aromatic carbocycles. The van der Waals surface area contributed by atoms with E-state index in [-0.39, 0.29) is 36.3 Å². The van der Waals surface area contributed by atoms with Gasteiger partial charge in [0.25, 0.3) is 0 Å². The van der Waals surface area contributed by atoms with E-state index >= 15 is 0 Å². The highest BCUT2D eigenvalue weighted by molar-refractivity contribution is 5.78. The van der Waals surface area contributed by atoms with Gasteiger partial charge in [0.05, 0.1) is 6.54 Å². The molecule has 2 heterocycles. The maximum absolute atomic E-state index is 13.9. The van der Waals surface area contributed by atoms with Crippen LogP contribution in [0.15, 0.2) is 48.5 Å². The van der Waals surface area contributed by atoms with Crippen LogP contribution in [0.2, 0.25) is 0 Å². The number of nitrogens with zero attached hydrogens (tertiary/aromatic N) is 2. The van der Waals surface area contributed by atoms with Gasteiger partial charge in [0, 0.05) is 31.2 Å². The zero-order valence-electron chi connectivity index (χ0n) is 16.8. The Kier molecular flexibility index (Phi) is 6.59. The van der Waals surface area contributed by atoms with Crippen LogP contribution < -0.4 is 4.74 Å². The maximum atomic E-state index is 13.9. The van der Waals surface area contributed by atoms with Gasteiger partial charge in [-0.15, -0.1) is 0 Å². The minimum Gasteiger partial charge on any atom is -0.491 e. The largest absolute Gasteiger partial charge is 0.491 e. The highest BCUT2D eigenvalue weighted by atomic mass is 19.1. The number of rotatable bonds is 6. The Hall–Kier alpha value is -2.51. The third-order valence-electron chi connectivity index (χ3n) is 5.76. The van der Waals surface area contributed by atoms with Crippen LogP contribution in [-0.2, 0) is 16.1 Å². The molecule has 2 fully saturated rings. The van der Waals surface area contributed by atoms with Crippen LogP contribution in [-0.4, -0.2) is 60.7 Å². The lowest BCUT2D eigenvalue weighted by atomic mass is 10.0. The van der Waals surface area contributed by atoms with Crippen molar-refractivity contribution in [2.24, 2.45) is 0 Å². The van der Waals surface area contributed by atoms with Gasteiger partial charge in [0.1, 0.15) is 36.7 Å². The Morgan fingerprint density at radius 1 is 1.03 bits per heavy atom. The maximum Gasteiger partial charge on any atom is 0.248 e. The molecular weight excluding hydrogens is 390 g/mol. The number of morpholine rings is 1. The number of carbonyl (C=O) groups excluding carboxylic acids is 1. The highest BCUT2D eigenvalue weighted by Gasteiger charge is 2.33. The smallest absolute Gasteiger partial charge is 0.248 e. The van der Waals surface area contributed by atoms with Gasteiger partial charge < -0.3 is 14.4 Å². The van der Waals surface area contributed by atoms with E-state index in [1.807, 2.05) is 17.0 Å². The predicted molar refractivity (Wildman–Crippen MR) is 108 cm³/mol. The van der Waals surface area contributed by atoms with Crippen molar-refractivity contribution >= 4 is 5.91 Å². The lowest BCUT2D eigenvalue weighted by Gasteiger charge is -2.42. The van der Waals surface area contributed by atoms with Crippen LogP contribution in [0.4, 0.5) is 8.78 Å². The highest BCUT2D eigenvalue weighted by Crippen LogP contribution is 2.22. The summed E-state index contributed by atoms with van der Waals surface area (Å²) in [6.45, 7) is 3.07. The van der Waals surface area contributed by atoms with Crippen LogP contribution in [0.5, 0.6) is 5.75 Å². The minimum absolute atomic E-state index is 0.000543. The number of carbonyl (C=O) groups is 1. The lowest BCUT2D eigenvalue weighted by molar-refractivity contribution is -0.155. The van der Waals surface area contributed by atoms with Gasteiger partial charge in [0.15, 0.2) is 0 Å². The van der Waals surface area contributed by atoms with Gasteiger partial charge in [-0.25, -0.2) is 8.78 Å². The number of piperidine rings is 1. The van der Waals surface area contributed by atoms with Gasteiger partial charge in [-0.1, -0.05) is 18.2 Å². The molecule has 2 aliphatic rings. The minimum atomic E-state index is -0.311. The molecule has 0 N–H and O–H groups in total. The molecule has 2 aliphatic heterocycles. The molecule has 0 radical (unpaired) electrons. The van der Waals surface area contributed by atoms with Gasteiger partial charge in [-0.3, -0.25) is 9.69 Å². The number of hydrogen-bond acceptors (Lipinski definition) is 4. The SMILES string of the molecule is O=C1COC(COc2ccc(F)cc2)CN1C1CCN(Cc2ccccc2F)CC1. The molecule has 1 amide bonds. The first-order chi connectivity index (χ1) is 14.6. The monoisotopic (exact) mass is 416 g/mol. The zero-order chi connectivity index (χ0) is 20.9. The first-order valence-corrected chi connectivity index (χ1v) is 10.3. The summed E-state index contributed by atoms with van der Waals surface area (Å²) in [6.07, 6.45) is 1.49. The molecule has 7 heteroatoms. The Morgan fingerprint density at radius 2 is 1.77 bits per heavy atom. The fourth-order valence-corrected chi connectivity index (χ4v) is 4.08. The van der Waals surface area contributed by atoms with Crippen molar-refractivity contribution in [3.05, 3.63) is 65.7 Å². The van der Waals surface area contributed by atoms with E-state index in [4.69, 9.17) is 9.47 Å². The van der Waals surface area contributed by atoms with E-state index in [0.29, 0.717) is 31.0 Å². The number of benzene rings is 2. The van der Waals surface area contributed by atoms with Crippen molar-refractivity contribution in [2.45, 2.75) is 31.5 Å². The standard InChI is InChI=1S/C23H26F2N2O3/c24-18-5-7-20(8-6-18)29-15-21-14-27(23(28)16-30-21)19-9-11-26(12-10-19)13-17-3-1-2-4-22(17)25/h1-8,19,21H,9-16H2. The molecule has 4 rings (SSSR count). The molecule has 1 atom stereocenters. The summed E-state index contributed by atoms with van der Waals surface area (Å²) in [6, 6.07) is 12.9. The first-order valence-electron chi connectivity index (χ1n) is 10.3. The van der Waals surface area contributed by atoms with Crippen LogP contribution in [0, 0.1) is 11.6 Å². The summed E-state index contributed by atoms with van der Waals surface area (Å²) in [7, 11) is 0.